The zero-order chi connectivity index (χ0) is 26.0. The van der Waals surface area contributed by atoms with Gasteiger partial charge in [0.25, 0.3) is 0 Å². The first-order valence-corrected chi connectivity index (χ1v) is 11.3. The van der Waals surface area contributed by atoms with Gasteiger partial charge < -0.3 is 4.74 Å². The molecule has 3 rings (SSSR count). The van der Waals surface area contributed by atoms with Crippen molar-refractivity contribution in [3.05, 3.63) is 64.7 Å². The largest absolute Gasteiger partial charge is 0.433 e. The molecule has 0 saturated heterocycles. The Morgan fingerprint density at radius 2 is 1.57 bits per heavy atom. The van der Waals surface area contributed by atoms with Gasteiger partial charge >= 0.3 is 12.3 Å². The zero-order valence-electron chi connectivity index (χ0n) is 18.8. The average Bonchev–Trinajstić information content (AvgIpc) is 2.71. The summed E-state index contributed by atoms with van der Waals surface area (Å²) in [6, 6.07) is 1.01. The minimum atomic E-state index is -4.82. The highest BCUT2D eigenvalue weighted by molar-refractivity contribution is 5.53. The van der Waals surface area contributed by atoms with Crippen molar-refractivity contribution >= 4 is 6.08 Å². The number of allylic oxidation sites excluding steroid dienone is 4. The van der Waals surface area contributed by atoms with Crippen molar-refractivity contribution in [1.82, 2.24) is 0 Å². The summed E-state index contributed by atoms with van der Waals surface area (Å²) in [4.78, 5) is 0. The van der Waals surface area contributed by atoms with Crippen molar-refractivity contribution in [2.45, 2.75) is 69.8 Å². The zero-order valence-corrected chi connectivity index (χ0v) is 18.8. The second kappa shape index (κ2) is 10.7. The van der Waals surface area contributed by atoms with Crippen LogP contribution in [0.1, 0.15) is 62.5 Å². The van der Waals surface area contributed by atoms with Gasteiger partial charge in [0.1, 0.15) is 29.4 Å². The Morgan fingerprint density at radius 3 is 2.11 bits per heavy atom. The van der Waals surface area contributed by atoms with E-state index >= 15 is 0 Å². The fourth-order valence-electron chi connectivity index (χ4n) is 4.42. The fourth-order valence-corrected chi connectivity index (χ4v) is 4.42. The predicted octanol–water partition coefficient (Wildman–Crippen LogP) is 8.93. The van der Waals surface area contributed by atoms with Crippen LogP contribution in [0.25, 0.3) is 6.08 Å². The van der Waals surface area contributed by atoms with Crippen molar-refractivity contribution in [3.8, 4) is 0 Å². The maximum Gasteiger partial charge on any atom is 0.409 e. The molecule has 0 radical (unpaired) electrons. The number of hydrogen-bond acceptors (Lipinski definition) is 1. The molecule has 2 atom stereocenters. The molecular weight excluding hydrogens is 487 g/mol. The maximum atomic E-state index is 14.7. The van der Waals surface area contributed by atoms with E-state index in [2.05, 4.69) is 11.7 Å². The van der Waals surface area contributed by atoms with Crippen LogP contribution in [0.2, 0.25) is 0 Å². The number of hydrogen-bond donors (Lipinski definition) is 0. The van der Waals surface area contributed by atoms with E-state index < -0.39 is 65.1 Å². The van der Waals surface area contributed by atoms with Gasteiger partial charge in [-0.3, -0.25) is 0 Å². The monoisotopic (exact) mass is 512 g/mol. The maximum absolute atomic E-state index is 14.7. The summed E-state index contributed by atoms with van der Waals surface area (Å²) in [7, 11) is 0. The summed E-state index contributed by atoms with van der Waals surface area (Å²) in [5.74, 6) is -6.17. The minimum Gasteiger partial charge on any atom is -0.433 e. The molecule has 2 aliphatic rings. The molecule has 0 N–H and O–H groups in total. The van der Waals surface area contributed by atoms with E-state index in [-0.39, 0.29) is 24.5 Å². The Balaban J connectivity index is 1.68. The van der Waals surface area contributed by atoms with Crippen LogP contribution in [0, 0.1) is 23.5 Å². The van der Waals surface area contributed by atoms with E-state index in [1.165, 1.54) is 0 Å². The summed E-state index contributed by atoms with van der Waals surface area (Å²) >= 11 is 0. The van der Waals surface area contributed by atoms with Gasteiger partial charge in [0.2, 0.25) is 0 Å². The molecule has 10 heteroatoms. The molecule has 2 unspecified atom stereocenters. The third kappa shape index (κ3) is 7.54. The second-order valence-corrected chi connectivity index (χ2v) is 9.20. The summed E-state index contributed by atoms with van der Waals surface area (Å²) in [5.41, 5.74) is -1.58. The van der Waals surface area contributed by atoms with Crippen LogP contribution in [0.4, 0.5) is 39.5 Å². The first-order valence-electron chi connectivity index (χ1n) is 11.3. The summed E-state index contributed by atoms with van der Waals surface area (Å²) in [6.07, 6.45) is -6.74. The molecule has 35 heavy (non-hydrogen) atoms. The summed E-state index contributed by atoms with van der Waals surface area (Å²) < 4.78 is 128. The van der Waals surface area contributed by atoms with Crippen molar-refractivity contribution in [1.29, 1.82) is 0 Å². The Morgan fingerprint density at radius 1 is 0.971 bits per heavy atom. The molecule has 0 spiro atoms. The first kappa shape index (κ1) is 27.2. The van der Waals surface area contributed by atoms with Crippen LogP contribution in [0.3, 0.4) is 0 Å². The van der Waals surface area contributed by atoms with Crippen molar-refractivity contribution in [2.75, 3.05) is 0 Å². The molecule has 1 saturated carbocycles. The fraction of sp³-hybridized carbons (Fsp3) is 0.520. The minimum absolute atomic E-state index is 0.130. The number of ether oxygens (including phenoxy) is 1. The molecule has 1 aromatic carbocycles. The Labute approximate surface area is 197 Å². The van der Waals surface area contributed by atoms with Gasteiger partial charge in [0.15, 0.2) is 0 Å². The standard InChI is InChI=1S/C25H25F9O/c1-14-2-4-15(5-3-14)6-9-25(33,34)35-17-12-21(28)23(22(29)13-17)16-10-19(26)18(20(27)11-16)7-8-24(30,31)32/h7-8,10-15,21,23H,2-6,9H2,1H3/b8-7+. The molecule has 1 nitrogen and oxygen atoms in total. The highest BCUT2D eigenvalue weighted by atomic mass is 19.4. The second-order valence-electron chi connectivity index (χ2n) is 9.20. The van der Waals surface area contributed by atoms with E-state index in [0.717, 1.165) is 25.7 Å². The van der Waals surface area contributed by atoms with Crippen LogP contribution in [0.5, 0.6) is 0 Å². The Kier molecular flexibility index (Phi) is 8.32. The van der Waals surface area contributed by atoms with E-state index in [0.29, 0.717) is 30.2 Å². The van der Waals surface area contributed by atoms with E-state index in [1.807, 2.05) is 0 Å². The van der Waals surface area contributed by atoms with Crippen molar-refractivity contribution < 1.29 is 44.3 Å². The smallest absolute Gasteiger partial charge is 0.409 e. The highest BCUT2D eigenvalue weighted by Crippen LogP contribution is 2.40. The molecule has 0 bridgehead atoms. The van der Waals surface area contributed by atoms with Gasteiger partial charge in [-0.1, -0.05) is 32.6 Å². The van der Waals surface area contributed by atoms with Crippen molar-refractivity contribution in [2.24, 2.45) is 11.8 Å². The molecule has 0 aromatic heterocycles. The molecule has 0 amide bonds. The van der Waals surface area contributed by atoms with E-state index in [1.54, 1.807) is 0 Å². The topological polar surface area (TPSA) is 9.23 Å². The van der Waals surface area contributed by atoms with Gasteiger partial charge in [-0.2, -0.15) is 22.0 Å². The van der Waals surface area contributed by atoms with Crippen LogP contribution in [0.15, 0.2) is 41.9 Å². The Hall–Kier alpha value is -2.39. The lowest BCUT2D eigenvalue weighted by atomic mass is 9.81. The number of alkyl halides is 6. The lowest BCUT2D eigenvalue weighted by Gasteiger charge is -2.28. The van der Waals surface area contributed by atoms with Crippen LogP contribution >= 0.6 is 0 Å². The normalized spacial score (nSPS) is 26.0. The lowest BCUT2D eigenvalue weighted by molar-refractivity contribution is -0.218. The first-order chi connectivity index (χ1) is 16.2. The van der Waals surface area contributed by atoms with Crippen LogP contribution < -0.4 is 0 Å². The number of rotatable bonds is 7. The molecule has 1 fully saturated rings. The number of benzene rings is 1. The molecule has 1 aromatic rings. The number of halogens is 9. The lowest BCUT2D eigenvalue weighted by Crippen LogP contribution is -2.25. The third-order valence-corrected chi connectivity index (χ3v) is 6.36. The summed E-state index contributed by atoms with van der Waals surface area (Å²) in [5, 5.41) is 0. The molecule has 2 aliphatic carbocycles. The van der Waals surface area contributed by atoms with Gasteiger partial charge in [0, 0.05) is 17.7 Å². The predicted molar refractivity (Wildman–Crippen MR) is 113 cm³/mol. The quantitative estimate of drug-likeness (QED) is 0.332. The van der Waals surface area contributed by atoms with Crippen LogP contribution in [-0.2, 0) is 4.74 Å². The summed E-state index contributed by atoms with van der Waals surface area (Å²) in [6.45, 7) is 2.10. The third-order valence-electron chi connectivity index (χ3n) is 6.36. The van der Waals surface area contributed by atoms with E-state index in [4.69, 9.17) is 0 Å². The van der Waals surface area contributed by atoms with Gasteiger partial charge in [-0.25, -0.2) is 17.6 Å². The van der Waals surface area contributed by atoms with Gasteiger partial charge in [-0.15, -0.1) is 0 Å². The molecule has 0 aliphatic heterocycles. The average molecular weight is 512 g/mol. The van der Waals surface area contributed by atoms with Crippen molar-refractivity contribution in [3.63, 3.8) is 0 Å². The van der Waals surface area contributed by atoms with Gasteiger partial charge in [-0.05, 0) is 48.1 Å². The highest BCUT2D eigenvalue weighted by Gasteiger charge is 2.37. The van der Waals surface area contributed by atoms with Crippen LogP contribution in [-0.4, -0.2) is 18.5 Å². The molecular formula is C25H25F9O. The Bertz CT molecular complexity index is 962. The molecule has 194 valence electrons. The molecule has 0 heterocycles. The SMILES string of the molecule is CC1CCC(CCC(F)(F)OC2=CC(F)C(c3cc(F)c(/C=C/C(F)(F)F)c(F)c3)C(F)=C2)CC1. The van der Waals surface area contributed by atoms with E-state index in [9.17, 15) is 39.5 Å². The van der Waals surface area contributed by atoms with Gasteiger partial charge in [0.05, 0.1) is 12.3 Å².